The maximum absolute atomic E-state index is 12.9. The highest BCUT2D eigenvalue weighted by atomic mass is 16.2. The zero-order chi connectivity index (χ0) is 18.5. The van der Waals surface area contributed by atoms with Gasteiger partial charge in [0.05, 0.1) is 5.92 Å². The van der Waals surface area contributed by atoms with Crippen LogP contribution in [0.3, 0.4) is 0 Å². The summed E-state index contributed by atoms with van der Waals surface area (Å²) in [6.45, 7) is 7.29. The number of likely N-dealkylation sites (tertiary alicyclic amines) is 2. The fourth-order valence-corrected chi connectivity index (χ4v) is 4.20. The Bertz CT molecular complexity index is 609. The Kier molecular flexibility index (Phi) is 6.28. The summed E-state index contributed by atoms with van der Waals surface area (Å²) in [5, 5.41) is 0. The Hall–Kier alpha value is -1.91. The SMILES string of the molecule is CC(C)CN1C[C@H](C(=O)N2CCC(Cc3cccnc3)CC2)CCC1=O. The first-order chi connectivity index (χ1) is 12.5. The number of pyridine rings is 1. The molecule has 142 valence electrons. The summed E-state index contributed by atoms with van der Waals surface area (Å²) < 4.78 is 0. The largest absolute Gasteiger partial charge is 0.342 e. The van der Waals surface area contributed by atoms with Crippen molar-refractivity contribution in [3.63, 3.8) is 0 Å². The van der Waals surface area contributed by atoms with Gasteiger partial charge in [-0.05, 0) is 49.1 Å². The van der Waals surface area contributed by atoms with Crippen LogP contribution in [0.1, 0.15) is 45.1 Å². The van der Waals surface area contributed by atoms with E-state index < -0.39 is 0 Å². The molecule has 1 atom stereocenters. The van der Waals surface area contributed by atoms with E-state index in [9.17, 15) is 9.59 Å². The number of piperidine rings is 2. The lowest BCUT2D eigenvalue weighted by atomic mass is 9.89. The van der Waals surface area contributed by atoms with E-state index in [0.717, 1.165) is 38.9 Å². The molecule has 0 N–H and O–H groups in total. The number of nitrogens with zero attached hydrogens (tertiary/aromatic N) is 3. The number of aromatic nitrogens is 1. The van der Waals surface area contributed by atoms with Gasteiger partial charge in [-0.1, -0.05) is 19.9 Å². The quantitative estimate of drug-likeness (QED) is 0.814. The molecule has 0 saturated carbocycles. The first-order valence-electron chi connectivity index (χ1n) is 9.98. The second-order valence-electron chi connectivity index (χ2n) is 8.26. The van der Waals surface area contributed by atoms with Crippen LogP contribution < -0.4 is 0 Å². The normalized spacial score (nSPS) is 22.1. The number of hydrogen-bond donors (Lipinski definition) is 0. The summed E-state index contributed by atoms with van der Waals surface area (Å²) in [7, 11) is 0. The summed E-state index contributed by atoms with van der Waals surface area (Å²) >= 11 is 0. The van der Waals surface area contributed by atoms with Gasteiger partial charge in [0.2, 0.25) is 11.8 Å². The van der Waals surface area contributed by atoms with Gasteiger partial charge in [-0.25, -0.2) is 0 Å². The Morgan fingerprint density at radius 2 is 2.04 bits per heavy atom. The predicted molar refractivity (Wildman–Crippen MR) is 101 cm³/mol. The molecule has 0 unspecified atom stereocenters. The van der Waals surface area contributed by atoms with Crippen molar-refractivity contribution in [2.45, 2.75) is 46.0 Å². The fraction of sp³-hybridized carbons (Fsp3) is 0.667. The Morgan fingerprint density at radius 1 is 1.27 bits per heavy atom. The van der Waals surface area contributed by atoms with Gasteiger partial charge < -0.3 is 9.80 Å². The molecule has 2 saturated heterocycles. The molecule has 2 amide bonds. The van der Waals surface area contributed by atoms with E-state index >= 15 is 0 Å². The molecule has 1 aromatic rings. The molecule has 0 spiro atoms. The van der Waals surface area contributed by atoms with E-state index in [-0.39, 0.29) is 17.7 Å². The summed E-state index contributed by atoms with van der Waals surface area (Å²) in [4.78, 5) is 33.1. The van der Waals surface area contributed by atoms with E-state index in [1.165, 1.54) is 5.56 Å². The minimum Gasteiger partial charge on any atom is -0.342 e. The van der Waals surface area contributed by atoms with Gasteiger partial charge in [0.15, 0.2) is 0 Å². The van der Waals surface area contributed by atoms with Gasteiger partial charge in [-0.15, -0.1) is 0 Å². The Labute approximate surface area is 156 Å². The second kappa shape index (κ2) is 8.65. The van der Waals surface area contributed by atoms with Gasteiger partial charge in [0, 0.05) is 45.0 Å². The molecular weight excluding hydrogens is 326 g/mol. The highest BCUT2D eigenvalue weighted by molar-refractivity contribution is 5.84. The highest BCUT2D eigenvalue weighted by Gasteiger charge is 2.34. The van der Waals surface area contributed by atoms with Crippen LogP contribution >= 0.6 is 0 Å². The fourth-order valence-electron chi connectivity index (χ4n) is 4.20. The summed E-state index contributed by atoms with van der Waals surface area (Å²) in [5.41, 5.74) is 1.28. The van der Waals surface area contributed by atoms with Crippen LogP contribution in [-0.4, -0.2) is 52.8 Å². The van der Waals surface area contributed by atoms with Crippen LogP contribution in [0.2, 0.25) is 0 Å². The molecule has 5 nitrogen and oxygen atoms in total. The van der Waals surface area contributed by atoms with E-state index in [4.69, 9.17) is 0 Å². The molecule has 0 aromatic carbocycles. The van der Waals surface area contributed by atoms with E-state index in [2.05, 4.69) is 24.9 Å². The third kappa shape index (κ3) is 4.83. The molecular formula is C21H31N3O2. The van der Waals surface area contributed by atoms with Gasteiger partial charge in [0.1, 0.15) is 0 Å². The van der Waals surface area contributed by atoms with E-state index in [1.807, 2.05) is 28.3 Å². The molecule has 2 fully saturated rings. The smallest absolute Gasteiger partial charge is 0.227 e. The lowest BCUT2D eigenvalue weighted by Crippen LogP contribution is -2.49. The average molecular weight is 357 g/mol. The molecule has 26 heavy (non-hydrogen) atoms. The molecule has 0 bridgehead atoms. The first kappa shape index (κ1) is 18.9. The Morgan fingerprint density at radius 3 is 2.69 bits per heavy atom. The van der Waals surface area contributed by atoms with Crippen molar-refractivity contribution < 1.29 is 9.59 Å². The maximum atomic E-state index is 12.9. The van der Waals surface area contributed by atoms with Crippen molar-refractivity contribution >= 4 is 11.8 Å². The average Bonchev–Trinajstić information content (AvgIpc) is 2.64. The zero-order valence-corrected chi connectivity index (χ0v) is 16.1. The van der Waals surface area contributed by atoms with Crippen molar-refractivity contribution in [2.75, 3.05) is 26.2 Å². The molecule has 1 aromatic heterocycles. The molecule has 3 rings (SSSR count). The van der Waals surface area contributed by atoms with Crippen LogP contribution in [0, 0.1) is 17.8 Å². The predicted octanol–water partition coefficient (Wildman–Crippen LogP) is 2.76. The van der Waals surface area contributed by atoms with Gasteiger partial charge in [-0.3, -0.25) is 14.6 Å². The minimum atomic E-state index is -0.0127. The molecule has 5 heteroatoms. The topological polar surface area (TPSA) is 53.5 Å². The number of hydrogen-bond acceptors (Lipinski definition) is 3. The highest BCUT2D eigenvalue weighted by Crippen LogP contribution is 2.26. The molecule has 3 heterocycles. The van der Waals surface area contributed by atoms with E-state index in [0.29, 0.717) is 31.2 Å². The standard InChI is InChI=1S/C21H31N3O2/c1-16(2)14-24-15-19(5-6-20(24)25)21(26)23-10-7-17(8-11-23)12-18-4-3-9-22-13-18/h3-4,9,13,16-17,19H,5-8,10-12,14-15H2,1-2H3/t19-/m1/s1. The van der Waals surface area contributed by atoms with Crippen LogP contribution in [0.25, 0.3) is 0 Å². The van der Waals surface area contributed by atoms with Crippen LogP contribution in [0.4, 0.5) is 0 Å². The number of amides is 2. The van der Waals surface area contributed by atoms with Crippen molar-refractivity contribution in [3.05, 3.63) is 30.1 Å². The Balaban J connectivity index is 1.49. The van der Waals surface area contributed by atoms with Gasteiger partial charge in [0.25, 0.3) is 0 Å². The molecule has 0 radical (unpaired) electrons. The van der Waals surface area contributed by atoms with Crippen LogP contribution in [0.5, 0.6) is 0 Å². The molecule has 2 aliphatic rings. The van der Waals surface area contributed by atoms with Crippen LogP contribution in [0.15, 0.2) is 24.5 Å². The summed E-state index contributed by atoms with van der Waals surface area (Å²) in [5.74, 6) is 1.52. The number of carbonyl (C=O) groups excluding carboxylic acids is 2. The molecule has 2 aliphatic heterocycles. The van der Waals surface area contributed by atoms with Crippen molar-refractivity contribution in [3.8, 4) is 0 Å². The van der Waals surface area contributed by atoms with Crippen molar-refractivity contribution in [1.82, 2.24) is 14.8 Å². The lowest BCUT2D eigenvalue weighted by molar-refractivity contribution is -0.144. The van der Waals surface area contributed by atoms with Gasteiger partial charge >= 0.3 is 0 Å². The van der Waals surface area contributed by atoms with E-state index in [1.54, 1.807) is 0 Å². The minimum absolute atomic E-state index is 0.0127. The lowest BCUT2D eigenvalue weighted by Gasteiger charge is -2.38. The monoisotopic (exact) mass is 357 g/mol. The maximum Gasteiger partial charge on any atom is 0.227 e. The third-order valence-electron chi connectivity index (χ3n) is 5.61. The first-order valence-corrected chi connectivity index (χ1v) is 9.98. The second-order valence-corrected chi connectivity index (χ2v) is 8.26. The van der Waals surface area contributed by atoms with Crippen LogP contribution in [-0.2, 0) is 16.0 Å². The summed E-state index contributed by atoms with van der Waals surface area (Å²) in [6.07, 6.45) is 8.14. The number of rotatable bonds is 5. The third-order valence-corrected chi connectivity index (χ3v) is 5.61. The van der Waals surface area contributed by atoms with Crippen molar-refractivity contribution in [2.24, 2.45) is 17.8 Å². The van der Waals surface area contributed by atoms with Gasteiger partial charge in [-0.2, -0.15) is 0 Å². The summed E-state index contributed by atoms with van der Waals surface area (Å²) in [6, 6.07) is 4.12. The zero-order valence-electron chi connectivity index (χ0n) is 16.1. The molecule has 0 aliphatic carbocycles. The van der Waals surface area contributed by atoms with Crippen molar-refractivity contribution in [1.29, 1.82) is 0 Å². The number of carbonyl (C=O) groups is 2.